The third-order valence-electron chi connectivity index (χ3n) is 4.11. The number of carbonyl (C=O) groups excluding carboxylic acids is 1. The first kappa shape index (κ1) is 17.8. The fraction of sp³-hybridized carbons (Fsp3) is 0.562. The summed E-state index contributed by atoms with van der Waals surface area (Å²) in [6.07, 6.45) is 1.87. The van der Waals surface area contributed by atoms with Crippen molar-refractivity contribution in [2.75, 3.05) is 20.3 Å². The molecule has 0 fully saturated rings. The van der Waals surface area contributed by atoms with E-state index in [1.165, 1.54) is 0 Å². The van der Waals surface area contributed by atoms with Gasteiger partial charge in [0.05, 0.1) is 20.1 Å². The molecule has 0 atom stereocenters. The van der Waals surface area contributed by atoms with Crippen molar-refractivity contribution in [3.63, 3.8) is 0 Å². The average molecular weight is 314 g/mol. The topological polar surface area (TPSA) is 58.6 Å². The Morgan fingerprint density at radius 3 is 2.52 bits per heavy atom. The molecule has 0 spiro atoms. The number of amides is 1. The van der Waals surface area contributed by atoms with Crippen LogP contribution in [0.2, 0.25) is 5.02 Å². The highest BCUT2D eigenvalue weighted by atomic mass is 35.5. The average Bonchev–Trinajstić information content (AvgIpc) is 2.51. The van der Waals surface area contributed by atoms with Gasteiger partial charge in [0.15, 0.2) is 0 Å². The van der Waals surface area contributed by atoms with Gasteiger partial charge in [-0.05, 0) is 30.5 Å². The third kappa shape index (κ3) is 4.90. The molecular formula is C16H24ClNO3. The van der Waals surface area contributed by atoms with Crippen molar-refractivity contribution in [3.8, 4) is 5.75 Å². The highest BCUT2D eigenvalue weighted by Gasteiger charge is 2.25. The molecule has 21 heavy (non-hydrogen) atoms. The Morgan fingerprint density at radius 1 is 1.38 bits per heavy atom. The second-order valence-corrected chi connectivity index (χ2v) is 5.68. The van der Waals surface area contributed by atoms with Crippen LogP contribution in [-0.4, -0.2) is 31.3 Å². The molecule has 0 aliphatic heterocycles. The van der Waals surface area contributed by atoms with E-state index in [0.29, 0.717) is 17.3 Å². The molecule has 118 valence electrons. The van der Waals surface area contributed by atoms with Crippen molar-refractivity contribution in [3.05, 3.63) is 28.8 Å². The summed E-state index contributed by atoms with van der Waals surface area (Å²) >= 11 is 6.12. The fourth-order valence-corrected chi connectivity index (χ4v) is 2.34. The SMILES string of the molecule is CCC(CC)(CO)CNC(=O)Cc1ccc(OC)cc1Cl. The molecule has 1 aromatic carbocycles. The summed E-state index contributed by atoms with van der Waals surface area (Å²) in [7, 11) is 1.57. The van der Waals surface area contributed by atoms with Gasteiger partial charge in [-0.25, -0.2) is 0 Å². The van der Waals surface area contributed by atoms with Crippen LogP contribution >= 0.6 is 11.6 Å². The number of halogens is 1. The number of ether oxygens (including phenoxy) is 1. The minimum atomic E-state index is -0.237. The van der Waals surface area contributed by atoms with E-state index in [1.54, 1.807) is 25.3 Å². The highest BCUT2D eigenvalue weighted by Crippen LogP contribution is 2.25. The summed E-state index contributed by atoms with van der Waals surface area (Å²) in [5.41, 5.74) is 0.525. The van der Waals surface area contributed by atoms with Gasteiger partial charge in [-0.15, -0.1) is 0 Å². The van der Waals surface area contributed by atoms with Crippen molar-refractivity contribution in [1.29, 1.82) is 0 Å². The van der Waals surface area contributed by atoms with E-state index >= 15 is 0 Å². The summed E-state index contributed by atoms with van der Waals surface area (Å²) in [4.78, 5) is 12.0. The first-order chi connectivity index (χ1) is 10.00. The Morgan fingerprint density at radius 2 is 2.05 bits per heavy atom. The van der Waals surface area contributed by atoms with Gasteiger partial charge in [-0.1, -0.05) is 31.5 Å². The van der Waals surface area contributed by atoms with Crippen LogP contribution in [0.3, 0.4) is 0 Å². The predicted octanol–water partition coefficient (Wildman–Crippen LogP) is 2.81. The Bertz CT molecular complexity index is 464. The van der Waals surface area contributed by atoms with E-state index in [2.05, 4.69) is 5.32 Å². The van der Waals surface area contributed by atoms with Crippen LogP contribution in [0.15, 0.2) is 18.2 Å². The van der Waals surface area contributed by atoms with Crippen molar-refractivity contribution >= 4 is 17.5 Å². The predicted molar refractivity (Wildman–Crippen MR) is 84.8 cm³/mol. The van der Waals surface area contributed by atoms with E-state index in [0.717, 1.165) is 18.4 Å². The van der Waals surface area contributed by atoms with Crippen LogP contribution in [0.4, 0.5) is 0 Å². The molecule has 0 bridgehead atoms. The lowest BCUT2D eigenvalue weighted by Gasteiger charge is -2.29. The Balaban J connectivity index is 2.62. The van der Waals surface area contributed by atoms with Gasteiger partial charge in [0.1, 0.15) is 5.75 Å². The van der Waals surface area contributed by atoms with Gasteiger partial charge >= 0.3 is 0 Å². The number of carbonyl (C=O) groups is 1. The largest absolute Gasteiger partial charge is 0.497 e. The van der Waals surface area contributed by atoms with Crippen molar-refractivity contribution < 1.29 is 14.6 Å². The molecule has 1 amide bonds. The molecule has 0 aliphatic carbocycles. The maximum Gasteiger partial charge on any atom is 0.224 e. The van der Waals surface area contributed by atoms with Crippen LogP contribution in [-0.2, 0) is 11.2 Å². The van der Waals surface area contributed by atoms with Gasteiger partial charge in [0, 0.05) is 17.0 Å². The second kappa shape index (κ2) is 8.25. The zero-order valence-corrected chi connectivity index (χ0v) is 13.7. The molecular weight excluding hydrogens is 290 g/mol. The van der Waals surface area contributed by atoms with Crippen molar-refractivity contribution in [1.82, 2.24) is 5.32 Å². The number of hydrogen-bond acceptors (Lipinski definition) is 3. The van der Waals surface area contributed by atoms with Crippen LogP contribution in [0.1, 0.15) is 32.3 Å². The number of hydrogen-bond donors (Lipinski definition) is 2. The normalized spacial score (nSPS) is 11.3. The number of aliphatic hydroxyl groups excluding tert-OH is 1. The van der Waals surface area contributed by atoms with Crippen LogP contribution in [0.25, 0.3) is 0 Å². The zero-order chi connectivity index (χ0) is 15.9. The van der Waals surface area contributed by atoms with E-state index < -0.39 is 0 Å². The fourth-order valence-electron chi connectivity index (χ4n) is 2.10. The van der Waals surface area contributed by atoms with Gasteiger partial charge < -0.3 is 15.2 Å². The smallest absolute Gasteiger partial charge is 0.224 e. The molecule has 4 nitrogen and oxygen atoms in total. The summed E-state index contributed by atoms with van der Waals surface area (Å²) in [5, 5.41) is 12.9. The molecule has 0 unspecified atom stereocenters. The zero-order valence-electron chi connectivity index (χ0n) is 12.9. The summed E-state index contributed by atoms with van der Waals surface area (Å²) in [6.45, 7) is 4.59. The second-order valence-electron chi connectivity index (χ2n) is 5.28. The lowest BCUT2D eigenvalue weighted by molar-refractivity contribution is -0.121. The first-order valence-corrected chi connectivity index (χ1v) is 7.58. The minimum absolute atomic E-state index is 0.0730. The molecule has 0 radical (unpaired) electrons. The Kier molecular flexibility index (Phi) is 6.99. The lowest BCUT2D eigenvalue weighted by Crippen LogP contribution is -2.40. The summed E-state index contributed by atoms with van der Waals surface area (Å²) in [5.74, 6) is 0.571. The third-order valence-corrected chi connectivity index (χ3v) is 4.46. The number of aliphatic hydroxyl groups is 1. The monoisotopic (exact) mass is 313 g/mol. The Hall–Kier alpha value is -1.26. The maximum atomic E-state index is 12.0. The quantitative estimate of drug-likeness (QED) is 0.776. The molecule has 1 rings (SSSR count). The maximum absolute atomic E-state index is 12.0. The van der Waals surface area contributed by atoms with Gasteiger partial charge in [-0.2, -0.15) is 0 Å². The summed E-state index contributed by atoms with van der Waals surface area (Å²) in [6, 6.07) is 5.27. The molecule has 0 saturated carbocycles. The highest BCUT2D eigenvalue weighted by molar-refractivity contribution is 6.31. The Labute approximate surface area is 131 Å². The van der Waals surface area contributed by atoms with Crippen molar-refractivity contribution in [2.45, 2.75) is 33.1 Å². The van der Waals surface area contributed by atoms with Gasteiger partial charge in [-0.3, -0.25) is 4.79 Å². The summed E-state index contributed by atoms with van der Waals surface area (Å²) < 4.78 is 5.08. The standard InChI is InChI=1S/C16H24ClNO3/c1-4-16(5-2,11-19)10-18-15(20)8-12-6-7-13(21-3)9-14(12)17/h6-7,9,19H,4-5,8,10-11H2,1-3H3,(H,18,20). The van der Waals surface area contributed by atoms with E-state index in [9.17, 15) is 9.90 Å². The van der Waals surface area contributed by atoms with Crippen LogP contribution in [0, 0.1) is 5.41 Å². The number of methoxy groups -OCH3 is 1. The van der Waals surface area contributed by atoms with Gasteiger partial charge in [0.2, 0.25) is 5.91 Å². The molecule has 0 aromatic heterocycles. The molecule has 1 aromatic rings. The molecule has 2 N–H and O–H groups in total. The van der Waals surface area contributed by atoms with Crippen LogP contribution in [0.5, 0.6) is 5.75 Å². The van der Waals surface area contributed by atoms with Gasteiger partial charge in [0.25, 0.3) is 0 Å². The lowest BCUT2D eigenvalue weighted by atomic mass is 9.83. The van der Waals surface area contributed by atoms with E-state index in [-0.39, 0.29) is 24.3 Å². The van der Waals surface area contributed by atoms with E-state index in [4.69, 9.17) is 16.3 Å². The minimum Gasteiger partial charge on any atom is -0.497 e. The molecule has 0 saturated heterocycles. The number of rotatable bonds is 8. The first-order valence-electron chi connectivity index (χ1n) is 7.20. The van der Waals surface area contributed by atoms with Crippen molar-refractivity contribution in [2.24, 2.45) is 5.41 Å². The molecule has 0 heterocycles. The molecule has 0 aliphatic rings. The molecule has 5 heteroatoms. The number of nitrogens with one attached hydrogen (secondary N) is 1. The van der Waals surface area contributed by atoms with E-state index in [1.807, 2.05) is 13.8 Å². The van der Waals surface area contributed by atoms with Crippen LogP contribution < -0.4 is 10.1 Å². The number of benzene rings is 1.